The second kappa shape index (κ2) is 6.13. The zero-order valence-electron chi connectivity index (χ0n) is 13.1. The summed E-state index contributed by atoms with van der Waals surface area (Å²) in [4.78, 5) is 17.1. The van der Waals surface area contributed by atoms with Crippen molar-refractivity contribution in [3.05, 3.63) is 101 Å². The van der Waals surface area contributed by atoms with Crippen molar-refractivity contribution in [1.82, 2.24) is 9.55 Å². The zero-order valence-corrected chi connectivity index (χ0v) is 13.1. The summed E-state index contributed by atoms with van der Waals surface area (Å²) in [5.41, 5.74) is 4.11. The molecule has 3 heteroatoms. The largest absolute Gasteiger partial charge is 0.294 e. The normalized spacial score (nSPS) is 10.8. The number of nitrogens with zero attached hydrogens (tertiary/aromatic N) is 2. The van der Waals surface area contributed by atoms with Gasteiger partial charge in [-0.2, -0.15) is 0 Å². The Balaban J connectivity index is 1.80. The lowest BCUT2D eigenvalue weighted by atomic mass is 10.00. The Hall–Kier alpha value is -3.20. The van der Waals surface area contributed by atoms with Crippen molar-refractivity contribution in [2.45, 2.75) is 6.54 Å². The van der Waals surface area contributed by atoms with E-state index >= 15 is 0 Å². The van der Waals surface area contributed by atoms with Crippen LogP contribution in [0.15, 0.2) is 90.0 Å². The van der Waals surface area contributed by atoms with Crippen LogP contribution in [-0.4, -0.2) is 9.55 Å². The number of rotatable bonds is 3. The molecule has 3 aromatic carbocycles. The van der Waals surface area contributed by atoms with Crippen LogP contribution in [0.3, 0.4) is 0 Å². The molecular weight excluding hydrogens is 296 g/mol. The Labute approximate surface area is 139 Å². The van der Waals surface area contributed by atoms with Crippen molar-refractivity contribution in [2.24, 2.45) is 0 Å². The van der Waals surface area contributed by atoms with E-state index < -0.39 is 0 Å². The maximum Gasteiger partial charge on any atom is 0.261 e. The van der Waals surface area contributed by atoms with Crippen molar-refractivity contribution >= 4 is 10.9 Å². The highest BCUT2D eigenvalue weighted by Crippen LogP contribution is 2.23. The minimum Gasteiger partial charge on any atom is -0.294 e. The summed E-state index contributed by atoms with van der Waals surface area (Å²) < 4.78 is 1.67. The first-order chi connectivity index (χ1) is 11.8. The van der Waals surface area contributed by atoms with Crippen molar-refractivity contribution in [3.63, 3.8) is 0 Å². The molecule has 4 aromatic rings. The van der Waals surface area contributed by atoms with E-state index in [4.69, 9.17) is 0 Å². The summed E-state index contributed by atoms with van der Waals surface area (Å²) in [6.45, 7) is 0.502. The molecule has 0 atom stereocenters. The molecule has 0 radical (unpaired) electrons. The lowest BCUT2D eigenvalue weighted by Crippen LogP contribution is -2.21. The van der Waals surface area contributed by atoms with Gasteiger partial charge in [-0.3, -0.25) is 9.36 Å². The summed E-state index contributed by atoms with van der Waals surface area (Å²) in [5, 5.41) is 0.650. The van der Waals surface area contributed by atoms with Gasteiger partial charge in [-0.05, 0) is 28.8 Å². The molecule has 0 aliphatic heterocycles. The van der Waals surface area contributed by atoms with Gasteiger partial charge < -0.3 is 0 Å². The number of para-hydroxylation sites is 1. The van der Waals surface area contributed by atoms with Crippen molar-refractivity contribution in [1.29, 1.82) is 0 Å². The summed E-state index contributed by atoms with van der Waals surface area (Å²) in [5.74, 6) is 0. The molecule has 0 N–H and O–H groups in total. The molecule has 0 unspecified atom stereocenters. The van der Waals surface area contributed by atoms with Gasteiger partial charge in [0.15, 0.2) is 0 Å². The van der Waals surface area contributed by atoms with Gasteiger partial charge in [-0.15, -0.1) is 0 Å². The van der Waals surface area contributed by atoms with Crippen LogP contribution in [0.2, 0.25) is 0 Å². The Morgan fingerprint density at radius 3 is 2.38 bits per heavy atom. The fourth-order valence-electron chi connectivity index (χ4n) is 2.96. The van der Waals surface area contributed by atoms with Crippen LogP contribution in [-0.2, 0) is 6.54 Å². The van der Waals surface area contributed by atoms with Crippen LogP contribution in [0.1, 0.15) is 5.56 Å². The average molecular weight is 312 g/mol. The van der Waals surface area contributed by atoms with Gasteiger partial charge in [-0.1, -0.05) is 66.7 Å². The first-order valence-corrected chi connectivity index (χ1v) is 7.90. The minimum absolute atomic E-state index is 0.0107. The maximum absolute atomic E-state index is 12.7. The molecule has 4 rings (SSSR count). The van der Waals surface area contributed by atoms with Gasteiger partial charge in [0.25, 0.3) is 5.56 Å². The number of benzene rings is 3. The molecule has 3 nitrogen and oxygen atoms in total. The standard InChI is InChI=1S/C21H16N2O/c24-21-19-12-6-7-13-20(19)22-15-23(21)14-17-10-4-5-11-18(17)16-8-2-1-3-9-16/h1-13,15H,14H2. The molecule has 1 aromatic heterocycles. The average Bonchev–Trinajstić information content (AvgIpc) is 2.65. The third kappa shape index (κ3) is 2.61. The number of aromatic nitrogens is 2. The lowest BCUT2D eigenvalue weighted by molar-refractivity contribution is 0.749. The van der Waals surface area contributed by atoms with E-state index in [-0.39, 0.29) is 5.56 Å². The van der Waals surface area contributed by atoms with E-state index in [1.165, 1.54) is 0 Å². The molecule has 24 heavy (non-hydrogen) atoms. The lowest BCUT2D eigenvalue weighted by Gasteiger charge is -2.12. The Bertz CT molecular complexity index is 1050. The van der Waals surface area contributed by atoms with Crippen molar-refractivity contribution in [3.8, 4) is 11.1 Å². The van der Waals surface area contributed by atoms with Gasteiger partial charge in [0.1, 0.15) is 0 Å². The van der Waals surface area contributed by atoms with Gasteiger partial charge in [0, 0.05) is 0 Å². The predicted octanol–water partition coefficient (Wildman–Crippen LogP) is 4.11. The van der Waals surface area contributed by atoms with Gasteiger partial charge in [-0.25, -0.2) is 4.98 Å². The molecule has 0 saturated heterocycles. The predicted molar refractivity (Wildman–Crippen MR) is 97.0 cm³/mol. The van der Waals surface area contributed by atoms with Crippen molar-refractivity contribution < 1.29 is 0 Å². The molecule has 0 saturated carbocycles. The summed E-state index contributed by atoms with van der Waals surface area (Å²) in [7, 11) is 0. The molecule has 0 fully saturated rings. The van der Waals surface area contributed by atoms with Crippen LogP contribution in [0.5, 0.6) is 0 Å². The molecule has 0 bridgehead atoms. The fourth-order valence-corrected chi connectivity index (χ4v) is 2.96. The Morgan fingerprint density at radius 1 is 0.792 bits per heavy atom. The zero-order chi connectivity index (χ0) is 16.4. The van der Waals surface area contributed by atoms with Gasteiger partial charge >= 0.3 is 0 Å². The SMILES string of the molecule is O=c1c2ccccc2ncn1Cc1ccccc1-c1ccccc1. The second-order valence-electron chi connectivity index (χ2n) is 5.72. The number of hydrogen-bond donors (Lipinski definition) is 0. The number of hydrogen-bond acceptors (Lipinski definition) is 2. The van der Waals surface area contributed by atoms with Crippen LogP contribution in [0.4, 0.5) is 0 Å². The van der Waals surface area contributed by atoms with E-state index in [1.54, 1.807) is 10.9 Å². The van der Waals surface area contributed by atoms with Gasteiger partial charge in [0.05, 0.1) is 23.8 Å². The smallest absolute Gasteiger partial charge is 0.261 e. The Morgan fingerprint density at radius 2 is 1.50 bits per heavy atom. The molecule has 0 aliphatic carbocycles. The van der Waals surface area contributed by atoms with Crippen molar-refractivity contribution in [2.75, 3.05) is 0 Å². The summed E-state index contributed by atoms with van der Waals surface area (Å²) in [6.07, 6.45) is 1.63. The Kier molecular flexibility index (Phi) is 3.67. The van der Waals surface area contributed by atoms with E-state index in [1.807, 2.05) is 54.6 Å². The highest BCUT2D eigenvalue weighted by molar-refractivity contribution is 5.77. The third-order valence-corrected chi connectivity index (χ3v) is 4.17. The van der Waals surface area contributed by atoms with E-state index in [2.05, 4.69) is 29.2 Å². The van der Waals surface area contributed by atoms with Gasteiger partial charge in [0.2, 0.25) is 0 Å². The third-order valence-electron chi connectivity index (χ3n) is 4.17. The molecule has 116 valence electrons. The monoisotopic (exact) mass is 312 g/mol. The van der Waals surface area contributed by atoms with E-state index in [0.717, 1.165) is 22.2 Å². The van der Waals surface area contributed by atoms with Crippen LogP contribution in [0, 0.1) is 0 Å². The van der Waals surface area contributed by atoms with E-state index in [0.29, 0.717) is 11.9 Å². The first-order valence-electron chi connectivity index (χ1n) is 7.90. The van der Waals surface area contributed by atoms with Crippen LogP contribution >= 0.6 is 0 Å². The van der Waals surface area contributed by atoms with Crippen LogP contribution in [0.25, 0.3) is 22.0 Å². The van der Waals surface area contributed by atoms with E-state index in [9.17, 15) is 4.79 Å². The maximum atomic E-state index is 12.7. The molecular formula is C21H16N2O. The topological polar surface area (TPSA) is 34.9 Å². The molecule has 0 amide bonds. The summed E-state index contributed by atoms with van der Waals surface area (Å²) in [6, 6.07) is 25.8. The molecule has 0 aliphatic rings. The fraction of sp³-hybridized carbons (Fsp3) is 0.0476. The molecule has 0 spiro atoms. The summed E-state index contributed by atoms with van der Waals surface area (Å²) >= 11 is 0. The highest BCUT2D eigenvalue weighted by atomic mass is 16.1. The van der Waals surface area contributed by atoms with Crippen LogP contribution < -0.4 is 5.56 Å². The minimum atomic E-state index is -0.0107. The first kappa shape index (κ1) is 14.4. The molecule has 1 heterocycles. The number of fused-ring (bicyclic) bond motifs is 1. The second-order valence-corrected chi connectivity index (χ2v) is 5.72. The highest BCUT2D eigenvalue weighted by Gasteiger charge is 2.08. The quantitative estimate of drug-likeness (QED) is 0.570.